The Hall–Kier alpha value is -1.33. The number of nitrogens with zero attached hydrogens (tertiary/aromatic N) is 1. The molecule has 0 aliphatic carbocycles. The summed E-state index contributed by atoms with van der Waals surface area (Å²) in [5, 5.41) is 9.96. The van der Waals surface area contributed by atoms with Crippen LogP contribution in [0.3, 0.4) is 0 Å². The van der Waals surface area contributed by atoms with Gasteiger partial charge < -0.3 is 24.4 Å². The van der Waals surface area contributed by atoms with E-state index in [1.54, 1.807) is 0 Å². The molecule has 1 fully saturated rings. The third-order valence-electron chi connectivity index (χ3n) is 3.39. The van der Waals surface area contributed by atoms with E-state index in [1.807, 2.05) is 0 Å². The van der Waals surface area contributed by atoms with Gasteiger partial charge in [0.05, 0.1) is 18.4 Å². The molecule has 0 spiro atoms. The van der Waals surface area contributed by atoms with Crippen molar-refractivity contribution in [1.82, 2.24) is 9.55 Å². The van der Waals surface area contributed by atoms with Gasteiger partial charge in [-0.3, -0.25) is 18.9 Å². The highest BCUT2D eigenvalue weighted by atomic mass is 31.2. The number of ether oxygens (including phenoxy) is 2. The zero-order valence-corrected chi connectivity index (χ0v) is 11.9. The fraction of sp³-hybridized carbons (Fsp3) is 0.600. The lowest BCUT2D eigenvalue weighted by Crippen LogP contribution is -2.41. The predicted octanol–water partition coefficient (Wildman–Crippen LogP) is -1.85. The molecule has 0 aromatic carbocycles. The first-order chi connectivity index (χ1) is 10.2. The van der Waals surface area contributed by atoms with Gasteiger partial charge in [-0.05, 0) is 0 Å². The Kier molecular flexibility index (Phi) is 3.81. The summed E-state index contributed by atoms with van der Waals surface area (Å²) in [6.45, 7) is -0.313. The highest BCUT2D eigenvalue weighted by molar-refractivity contribution is 7.46. The van der Waals surface area contributed by atoms with E-state index in [1.165, 1.54) is 0 Å². The minimum absolute atomic E-state index is 0.0198. The second-order valence-electron chi connectivity index (χ2n) is 4.93. The number of phosphoric acid groups is 1. The Morgan fingerprint density at radius 3 is 2.82 bits per heavy atom. The number of aromatic nitrogens is 2. The van der Waals surface area contributed by atoms with Crippen molar-refractivity contribution in [2.45, 2.75) is 37.8 Å². The molecule has 2 bridgehead atoms. The highest BCUT2D eigenvalue weighted by Gasteiger charge is 2.45. The van der Waals surface area contributed by atoms with Crippen LogP contribution in [0.15, 0.2) is 15.7 Å². The van der Waals surface area contributed by atoms with Crippen LogP contribution in [0, 0.1) is 0 Å². The quantitative estimate of drug-likeness (QED) is 0.454. The van der Waals surface area contributed by atoms with Gasteiger partial charge >= 0.3 is 13.5 Å². The van der Waals surface area contributed by atoms with Crippen LogP contribution in [0.5, 0.6) is 0 Å². The van der Waals surface area contributed by atoms with Crippen molar-refractivity contribution in [3.8, 4) is 0 Å². The van der Waals surface area contributed by atoms with E-state index in [9.17, 15) is 19.3 Å². The molecule has 12 heteroatoms. The first kappa shape index (κ1) is 15.6. The highest BCUT2D eigenvalue weighted by Crippen LogP contribution is 2.42. The van der Waals surface area contributed by atoms with Crippen LogP contribution in [-0.2, 0) is 25.2 Å². The van der Waals surface area contributed by atoms with Gasteiger partial charge in [0.25, 0.3) is 5.56 Å². The number of aliphatic hydroxyl groups excluding tert-OH is 1. The maximum atomic E-state index is 11.9. The molecule has 1 saturated heterocycles. The Balaban J connectivity index is 2.02. The molecule has 2 aliphatic heterocycles. The summed E-state index contributed by atoms with van der Waals surface area (Å²) in [6.07, 6.45) is -4.79. The van der Waals surface area contributed by atoms with E-state index < -0.39 is 43.8 Å². The molecule has 0 radical (unpaired) electrons. The molecule has 4 N–H and O–H groups in total. The van der Waals surface area contributed by atoms with E-state index in [4.69, 9.17) is 19.3 Å². The fourth-order valence-corrected chi connectivity index (χ4v) is 3.00. The summed E-state index contributed by atoms with van der Waals surface area (Å²) < 4.78 is 27.2. The molecule has 4 atom stereocenters. The van der Waals surface area contributed by atoms with Crippen LogP contribution >= 0.6 is 7.82 Å². The summed E-state index contributed by atoms with van der Waals surface area (Å²) in [5.41, 5.74) is -1.23. The second kappa shape index (κ2) is 5.39. The maximum Gasteiger partial charge on any atom is 0.472 e. The van der Waals surface area contributed by atoms with Crippen LogP contribution < -0.4 is 11.2 Å². The van der Waals surface area contributed by atoms with Crippen molar-refractivity contribution in [1.29, 1.82) is 0 Å². The van der Waals surface area contributed by atoms with Crippen LogP contribution in [0.1, 0.15) is 18.3 Å². The van der Waals surface area contributed by atoms with Crippen molar-refractivity contribution in [3.05, 3.63) is 32.6 Å². The van der Waals surface area contributed by atoms with Gasteiger partial charge in [0.2, 0.25) is 0 Å². The van der Waals surface area contributed by atoms with E-state index in [0.717, 1.165) is 10.6 Å². The third-order valence-corrected chi connectivity index (χ3v) is 3.87. The normalized spacial score (nSPS) is 31.4. The second-order valence-corrected chi connectivity index (χ2v) is 6.13. The summed E-state index contributed by atoms with van der Waals surface area (Å²) in [4.78, 5) is 43.1. The first-order valence-electron chi connectivity index (χ1n) is 6.28. The number of H-pyrrole nitrogens is 1. The molecular formula is C10H13N2O9P. The number of hydrogen-bond acceptors (Lipinski definition) is 7. The molecule has 2 aliphatic rings. The lowest BCUT2D eigenvalue weighted by Gasteiger charge is -2.29. The molecular weight excluding hydrogens is 323 g/mol. The van der Waals surface area contributed by atoms with Crippen molar-refractivity contribution < 1.29 is 33.5 Å². The van der Waals surface area contributed by atoms with Gasteiger partial charge in [0.15, 0.2) is 6.29 Å². The van der Waals surface area contributed by atoms with Gasteiger partial charge in [-0.2, -0.15) is 0 Å². The Morgan fingerprint density at radius 2 is 2.14 bits per heavy atom. The van der Waals surface area contributed by atoms with Crippen LogP contribution in [0.2, 0.25) is 0 Å². The first-order valence-corrected chi connectivity index (χ1v) is 7.81. The standard InChI is InChI=1S/C10H13N2O9P/c13-5-2-7-12-4(1-6(14)11-10(12)15)3-19-9(8(5)20-7)21-22(16,17)18/h1,5,7-9,13H,2-3H2,(H,11,14,15)(H2,16,17,18)/t5-,7+,8+,9?/m0/s1. The molecule has 0 amide bonds. The van der Waals surface area contributed by atoms with Gasteiger partial charge in [-0.1, -0.05) is 0 Å². The summed E-state index contributed by atoms with van der Waals surface area (Å²) >= 11 is 0. The summed E-state index contributed by atoms with van der Waals surface area (Å²) in [7, 11) is -4.88. The minimum Gasteiger partial charge on any atom is -0.390 e. The fourth-order valence-electron chi connectivity index (χ4n) is 2.55. The Labute approximate surface area is 122 Å². The molecule has 1 unspecified atom stereocenters. The van der Waals surface area contributed by atoms with Crippen molar-refractivity contribution in [2.75, 3.05) is 0 Å². The Bertz CT molecular complexity index is 737. The van der Waals surface area contributed by atoms with E-state index in [2.05, 4.69) is 9.51 Å². The molecule has 22 heavy (non-hydrogen) atoms. The van der Waals surface area contributed by atoms with E-state index in [-0.39, 0.29) is 18.7 Å². The summed E-state index contributed by atoms with van der Waals surface area (Å²) in [6, 6.07) is 1.10. The lowest BCUT2D eigenvalue weighted by atomic mass is 10.2. The van der Waals surface area contributed by atoms with Crippen LogP contribution in [-0.4, -0.2) is 42.9 Å². The monoisotopic (exact) mass is 336 g/mol. The Morgan fingerprint density at radius 1 is 1.41 bits per heavy atom. The molecule has 122 valence electrons. The third kappa shape index (κ3) is 2.92. The topological polar surface area (TPSA) is 160 Å². The number of aromatic amines is 1. The van der Waals surface area contributed by atoms with Gasteiger partial charge in [0.1, 0.15) is 12.3 Å². The van der Waals surface area contributed by atoms with Crippen molar-refractivity contribution in [3.63, 3.8) is 0 Å². The maximum absolute atomic E-state index is 11.9. The predicted molar refractivity (Wildman–Crippen MR) is 67.6 cm³/mol. The van der Waals surface area contributed by atoms with Crippen molar-refractivity contribution >= 4 is 7.82 Å². The van der Waals surface area contributed by atoms with Gasteiger partial charge in [-0.15, -0.1) is 0 Å². The molecule has 3 rings (SSSR count). The molecule has 3 heterocycles. The average molecular weight is 336 g/mol. The molecule has 1 aromatic rings. The van der Waals surface area contributed by atoms with Crippen LogP contribution in [0.25, 0.3) is 0 Å². The number of fused-ring (bicyclic) bond motifs is 4. The minimum atomic E-state index is -4.88. The molecule has 1 aromatic heterocycles. The number of phosphoric ester groups is 1. The number of nitrogens with one attached hydrogen (secondary N) is 1. The SMILES string of the molecule is O=c1cc2n(c(=O)[nH]1)[C@H]1C[C@H](O)[C@@H](O1)C(OP(=O)(O)O)OC2. The number of hydrogen-bond donors (Lipinski definition) is 4. The van der Waals surface area contributed by atoms with Crippen LogP contribution in [0.4, 0.5) is 0 Å². The largest absolute Gasteiger partial charge is 0.472 e. The lowest BCUT2D eigenvalue weighted by molar-refractivity contribution is -0.203. The number of aliphatic hydroxyl groups is 1. The average Bonchev–Trinajstić information content (AvgIpc) is 2.73. The number of rotatable bonds is 2. The van der Waals surface area contributed by atoms with E-state index >= 15 is 0 Å². The zero-order chi connectivity index (χ0) is 16.1. The molecule has 0 saturated carbocycles. The van der Waals surface area contributed by atoms with E-state index in [0.29, 0.717) is 0 Å². The van der Waals surface area contributed by atoms with Gasteiger partial charge in [0, 0.05) is 12.5 Å². The summed E-state index contributed by atoms with van der Waals surface area (Å²) in [5.74, 6) is 0. The smallest absolute Gasteiger partial charge is 0.390 e. The zero-order valence-electron chi connectivity index (χ0n) is 11.0. The van der Waals surface area contributed by atoms with Gasteiger partial charge in [-0.25, -0.2) is 9.36 Å². The van der Waals surface area contributed by atoms with Crippen molar-refractivity contribution in [2.24, 2.45) is 0 Å². The molecule has 11 nitrogen and oxygen atoms in total.